The van der Waals surface area contributed by atoms with Crippen LogP contribution in [0.4, 0.5) is 0 Å². The van der Waals surface area contributed by atoms with Gasteiger partial charge in [-0.3, -0.25) is 34.9 Å². The summed E-state index contributed by atoms with van der Waals surface area (Å²) < 4.78 is 26.5. The first kappa shape index (κ1) is 22.2. The Morgan fingerprint density at radius 1 is 0.906 bits per heavy atom. The van der Waals surface area contributed by atoms with Crippen LogP contribution in [0.3, 0.4) is 0 Å². The van der Waals surface area contributed by atoms with Crippen LogP contribution in [0.25, 0.3) is 0 Å². The second-order valence-corrected chi connectivity index (χ2v) is 9.99. The highest BCUT2D eigenvalue weighted by molar-refractivity contribution is 7.89. The number of hydrogen-bond acceptors (Lipinski definition) is 6. The van der Waals surface area contributed by atoms with Crippen LogP contribution in [0.5, 0.6) is 0 Å². The van der Waals surface area contributed by atoms with Crippen molar-refractivity contribution in [3.05, 3.63) is 42.0 Å². The molecular weight excluding hydrogens is 436 g/mol. The molecule has 32 heavy (non-hydrogen) atoms. The van der Waals surface area contributed by atoms with Crippen LogP contribution in [-0.2, 0) is 24.4 Å². The Balaban J connectivity index is 1.31. The SMILES string of the molecule is O=C(CN1C(=O)[C@@H]2CC=CC[C@H]2C1=O)NNC(=O)c1ccc(S(=O)(=O)N2CCCC2)cc1. The van der Waals surface area contributed by atoms with Crippen molar-refractivity contribution in [2.75, 3.05) is 19.6 Å². The van der Waals surface area contributed by atoms with Gasteiger partial charge in [0.05, 0.1) is 16.7 Å². The molecule has 4 rings (SSSR count). The van der Waals surface area contributed by atoms with Gasteiger partial charge in [-0.05, 0) is 49.9 Å². The lowest BCUT2D eigenvalue weighted by Crippen LogP contribution is -2.47. The summed E-state index contributed by atoms with van der Waals surface area (Å²) >= 11 is 0. The van der Waals surface area contributed by atoms with E-state index < -0.39 is 40.2 Å². The van der Waals surface area contributed by atoms with E-state index in [9.17, 15) is 27.6 Å². The summed E-state index contributed by atoms with van der Waals surface area (Å²) in [6, 6.07) is 5.41. The maximum atomic E-state index is 12.5. The van der Waals surface area contributed by atoms with E-state index in [1.165, 1.54) is 28.6 Å². The fourth-order valence-corrected chi connectivity index (χ4v) is 5.78. The predicted octanol–water partition coefficient (Wildman–Crippen LogP) is 0.183. The van der Waals surface area contributed by atoms with Crippen LogP contribution in [0.2, 0.25) is 0 Å². The van der Waals surface area contributed by atoms with Crippen molar-refractivity contribution in [2.45, 2.75) is 30.6 Å². The standard InChI is InChI=1S/C21H24N4O6S/c26-18(13-25-20(28)16-5-1-2-6-17(16)21(25)29)22-23-19(27)14-7-9-15(10-8-14)32(30,31)24-11-3-4-12-24/h1-2,7-10,16-17H,3-6,11-13H2,(H,22,26)(H,23,27)/t16-,17-/m1/s1. The monoisotopic (exact) mass is 460 g/mol. The summed E-state index contributed by atoms with van der Waals surface area (Å²) in [6.45, 7) is 0.491. The van der Waals surface area contributed by atoms with Gasteiger partial charge in [-0.1, -0.05) is 12.2 Å². The zero-order valence-corrected chi connectivity index (χ0v) is 18.1. The normalized spacial score (nSPS) is 23.3. The van der Waals surface area contributed by atoms with Crippen molar-refractivity contribution in [2.24, 2.45) is 11.8 Å². The van der Waals surface area contributed by atoms with Crippen LogP contribution < -0.4 is 10.9 Å². The van der Waals surface area contributed by atoms with Crippen molar-refractivity contribution in [1.29, 1.82) is 0 Å². The molecule has 2 atom stereocenters. The Morgan fingerprint density at radius 2 is 1.47 bits per heavy atom. The number of nitrogens with one attached hydrogen (secondary N) is 2. The maximum absolute atomic E-state index is 12.5. The number of fused-ring (bicyclic) bond motifs is 1. The van der Waals surface area contributed by atoms with Crippen LogP contribution in [0, 0.1) is 11.8 Å². The van der Waals surface area contributed by atoms with E-state index >= 15 is 0 Å². The van der Waals surface area contributed by atoms with Crippen molar-refractivity contribution >= 4 is 33.7 Å². The Bertz CT molecular complexity index is 1050. The Hall–Kier alpha value is -3.05. The van der Waals surface area contributed by atoms with E-state index in [0.29, 0.717) is 25.9 Å². The highest BCUT2D eigenvalue weighted by atomic mass is 32.2. The number of nitrogens with zero attached hydrogens (tertiary/aromatic N) is 2. The molecule has 1 aliphatic carbocycles. The molecule has 11 heteroatoms. The third kappa shape index (κ3) is 4.17. The molecule has 3 aliphatic rings. The zero-order valence-electron chi connectivity index (χ0n) is 17.3. The van der Waals surface area contributed by atoms with Gasteiger partial charge in [0, 0.05) is 18.7 Å². The summed E-state index contributed by atoms with van der Waals surface area (Å²) in [6.07, 6.45) is 6.33. The third-order valence-corrected chi connectivity index (χ3v) is 7.95. The number of rotatable bonds is 5. The Kier molecular flexibility index (Phi) is 6.11. The van der Waals surface area contributed by atoms with E-state index in [2.05, 4.69) is 10.9 Å². The van der Waals surface area contributed by atoms with Crippen LogP contribution in [0.15, 0.2) is 41.3 Å². The van der Waals surface area contributed by atoms with Crippen molar-refractivity contribution < 1.29 is 27.6 Å². The molecule has 4 amide bonds. The molecule has 2 aliphatic heterocycles. The zero-order chi connectivity index (χ0) is 22.9. The number of allylic oxidation sites excluding steroid dienone is 2. The van der Waals surface area contributed by atoms with E-state index in [0.717, 1.165) is 17.7 Å². The van der Waals surface area contributed by atoms with Gasteiger partial charge in [0.25, 0.3) is 11.8 Å². The number of imide groups is 1. The number of carbonyl (C=O) groups excluding carboxylic acids is 4. The lowest BCUT2D eigenvalue weighted by molar-refractivity contribution is -0.143. The molecule has 10 nitrogen and oxygen atoms in total. The average molecular weight is 461 g/mol. The number of benzene rings is 1. The molecule has 1 aromatic carbocycles. The molecule has 2 N–H and O–H groups in total. The number of carbonyl (C=O) groups is 4. The highest BCUT2D eigenvalue weighted by Gasteiger charge is 2.47. The average Bonchev–Trinajstić information content (AvgIpc) is 3.43. The van der Waals surface area contributed by atoms with Gasteiger partial charge in [-0.15, -0.1) is 0 Å². The molecule has 2 saturated heterocycles. The van der Waals surface area contributed by atoms with Crippen LogP contribution in [0.1, 0.15) is 36.0 Å². The third-order valence-electron chi connectivity index (χ3n) is 6.04. The highest BCUT2D eigenvalue weighted by Crippen LogP contribution is 2.34. The number of likely N-dealkylation sites (tertiary alicyclic amines) is 1. The van der Waals surface area contributed by atoms with Gasteiger partial charge >= 0.3 is 0 Å². The molecule has 0 radical (unpaired) electrons. The van der Waals surface area contributed by atoms with Gasteiger partial charge in [0.1, 0.15) is 6.54 Å². The molecule has 0 bridgehead atoms. The minimum Gasteiger partial charge on any atom is -0.274 e. The van der Waals surface area contributed by atoms with Crippen molar-refractivity contribution in [1.82, 2.24) is 20.1 Å². The summed E-state index contributed by atoms with van der Waals surface area (Å²) in [5.41, 5.74) is 4.56. The Morgan fingerprint density at radius 3 is 2.03 bits per heavy atom. The molecular formula is C21H24N4O6S. The molecule has 0 spiro atoms. The van der Waals surface area contributed by atoms with E-state index in [4.69, 9.17) is 0 Å². The molecule has 2 heterocycles. The number of sulfonamides is 1. The fraction of sp³-hybridized carbons (Fsp3) is 0.429. The summed E-state index contributed by atoms with van der Waals surface area (Å²) in [5, 5.41) is 0. The van der Waals surface area contributed by atoms with E-state index in [-0.39, 0.29) is 22.3 Å². The second-order valence-electron chi connectivity index (χ2n) is 8.06. The minimum atomic E-state index is -3.58. The van der Waals surface area contributed by atoms with Crippen LogP contribution >= 0.6 is 0 Å². The predicted molar refractivity (Wildman–Crippen MR) is 112 cm³/mol. The first-order valence-electron chi connectivity index (χ1n) is 10.5. The lowest BCUT2D eigenvalue weighted by Gasteiger charge is -2.16. The quantitative estimate of drug-likeness (QED) is 0.366. The molecule has 2 fully saturated rings. The molecule has 170 valence electrons. The van der Waals surface area contributed by atoms with E-state index in [1.54, 1.807) is 0 Å². The second kappa shape index (κ2) is 8.83. The summed E-state index contributed by atoms with van der Waals surface area (Å²) in [4.78, 5) is 50.3. The van der Waals surface area contributed by atoms with Crippen LogP contribution in [-0.4, -0.2) is 60.9 Å². The molecule has 0 saturated carbocycles. The number of amides is 4. The Labute approximate surface area is 185 Å². The first-order chi connectivity index (χ1) is 15.3. The van der Waals surface area contributed by atoms with Gasteiger partial charge in [0.2, 0.25) is 21.8 Å². The smallest absolute Gasteiger partial charge is 0.269 e. The van der Waals surface area contributed by atoms with Gasteiger partial charge in [0.15, 0.2) is 0 Å². The largest absolute Gasteiger partial charge is 0.274 e. The number of hydrazine groups is 1. The maximum Gasteiger partial charge on any atom is 0.269 e. The van der Waals surface area contributed by atoms with Gasteiger partial charge < -0.3 is 0 Å². The van der Waals surface area contributed by atoms with Crippen molar-refractivity contribution in [3.63, 3.8) is 0 Å². The molecule has 0 unspecified atom stereocenters. The minimum absolute atomic E-state index is 0.0991. The molecule has 0 aromatic heterocycles. The fourth-order valence-electron chi connectivity index (χ4n) is 4.26. The topological polar surface area (TPSA) is 133 Å². The first-order valence-corrected chi connectivity index (χ1v) is 11.9. The van der Waals surface area contributed by atoms with Gasteiger partial charge in [-0.25, -0.2) is 8.42 Å². The van der Waals surface area contributed by atoms with Crippen molar-refractivity contribution in [3.8, 4) is 0 Å². The molecule has 1 aromatic rings. The van der Waals surface area contributed by atoms with Gasteiger partial charge in [-0.2, -0.15) is 4.31 Å². The summed E-state index contributed by atoms with van der Waals surface area (Å²) in [7, 11) is -3.58. The number of hydrogen-bond donors (Lipinski definition) is 2. The summed E-state index contributed by atoms with van der Waals surface area (Å²) in [5.74, 6) is -2.96. The lowest BCUT2D eigenvalue weighted by atomic mass is 9.85. The van der Waals surface area contributed by atoms with E-state index in [1.807, 2.05) is 12.2 Å².